The van der Waals surface area contributed by atoms with E-state index in [1.807, 2.05) is 70.2 Å². The summed E-state index contributed by atoms with van der Waals surface area (Å²) in [4.78, 5) is 21.1. The molecule has 2 heterocycles. The third-order valence-corrected chi connectivity index (χ3v) is 7.68. The molecule has 1 saturated heterocycles. The van der Waals surface area contributed by atoms with Crippen LogP contribution in [0.1, 0.15) is 57.7 Å². The second-order valence-electron chi connectivity index (χ2n) is 12.2. The maximum Gasteiger partial charge on any atom is 0.410 e. The fourth-order valence-electron chi connectivity index (χ4n) is 5.28. The van der Waals surface area contributed by atoms with Crippen molar-refractivity contribution in [2.75, 3.05) is 46.4 Å². The summed E-state index contributed by atoms with van der Waals surface area (Å²) in [6.07, 6.45) is 2.05. The van der Waals surface area contributed by atoms with Crippen LogP contribution in [-0.2, 0) is 23.0 Å². The molecule has 2 aromatic carbocycles. The number of pyridine rings is 1. The van der Waals surface area contributed by atoms with Crippen LogP contribution in [0, 0.1) is 11.3 Å². The lowest BCUT2D eigenvalue weighted by Gasteiger charge is -2.35. The smallest absolute Gasteiger partial charge is 0.410 e. The van der Waals surface area contributed by atoms with E-state index < -0.39 is 11.0 Å². The van der Waals surface area contributed by atoms with Crippen LogP contribution in [0.3, 0.4) is 0 Å². The topological polar surface area (TPSA) is 87.9 Å². The zero-order valence-electron chi connectivity index (χ0n) is 25.9. The molecule has 1 aliphatic rings. The minimum atomic E-state index is -0.730. The Balaban J connectivity index is 1.31. The molecule has 0 N–H and O–H groups in total. The summed E-state index contributed by atoms with van der Waals surface area (Å²) in [5.41, 5.74) is 2.66. The van der Waals surface area contributed by atoms with E-state index in [1.165, 1.54) is 0 Å². The molecule has 0 saturated carbocycles. The normalized spacial score (nSPS) is 15.6. The molecule has 8 heteroatoms. The quantitative estimate of drug-likeness (QED) is 0.269. The van der Waals surface area contributed by atoms with Crippen LogP contribution >= 0.6 is 0 Å². The average Bonchev–Trinajstić information content (AvgIpc) is 2.97. The molecule has 1 fully saturated rings. The second-order valence-corrected chi connectivity index (χ2v) is 12.2. The van der Waals surface area contributed by atoms with Gasteiger partial charge in [-0.05, 0) is 82.3 Å². The number of rotatable bonds is 10. The minimum Gasteiger partial charge on any atom is -0.494 e. The van der Waals surface area contributed by atoms with E-state index in [1.54, 1.807) is 12.0 Å². The Labute approximate surface area is 250 Å². The molecule has 4 rings (SSSR count). The number of aryl methyl sites for hydroxylation is 1. The van der Waals surface area contributed by atoms with Crippen LogP contribution in [0.5, 0.6) is 11.6 Å². The van der Waals surface area contributed by atoms with Gasteiger partial charge in [0.2, 0.25) is 5.88 Å². The van der Waals surface area contributed by atoms with Gasteiger partial charge in [-0.2, -0.15) is 5.26 Å². The van der Waals surface area contributed by atoms with Crippen molar-refractivity contribution < 1.29 is 19.0 Å². The molecule has 0 aliphatic carbocycles. The molecule has 0 bridgehead atoms. The van der Waals surface area contributed by atoms with E-state index in [-0.39, 0.29) is 6.09 Å². The summed E-state index contributed by atoms with van der Waals surface area (Å²) in [6.45, 7) is 14.3. The van der Waals surface area contributed by atoms with Crippen molar-refractivity contribution >= 4 is 17.0 Å². The van der Waals surface area contributed by atoms with E-state index in [9.17, 15) is 10.1 Å². The number of ether oxygens (including phenoxy) is 3. The van der Waals surface area contributed by atoms with Gasteiger partial charge in [-0.15, -0.1) is 0 Å². The maximum absolute atomic E-state index is 12.3. The van der Waals surface area contributed by atoms with Gasteiger partial charge in [0.15, 0.2) is 0 Å². The number of aromatic nitrogens is 1. The first-order valence-electron chi connectivity index (χ1n) is 14.8. The molecule has 1 atom stereocenters. The molecular formula is C34H44N4O4. The summed E-state index contributed by atoms with van der Waals surface area (Å²) in [5, 5.41) is 11.3. The highest BCUT2D eigenvalue weighted by atomic mass is 16.6. The minimum absolute atomic E-state index is 0.235. The van der Waals surface area contributed by atoms with Crippen molar-refractivity contribution in [3.8, 4) is 17.7 Å². The monoisotopic (exact) mass is 572 g/mol. The third-order valence-electron chi connectivity index (χ3n) is 7.68. The van der Waals surface area contributed by atoms with Crippen LogP contribution in [0.4, 0.5) is 4.79 Å². The Bertz CT molecular complexity index is 1420. The molecule has 1 aliphatic heterocycles. The van der Waals surface area contributed by atoms with Crippen LogP contribution in [-0.4, -0.2) is 72.9 Å². The summed E-state index contributed by atoms with van der Waals surface area (Å²) in [5.74, 6) is 1.44. The van der Waals surface area contributed by atoms with Crippen molar-refractivity contribution in [1.29, 1.82) is 5.26 Å². The van der Waals surface area contributed by atoms with Crippen molar-refractivity contribution in [2.45, 2.75) is 64.9 Å². The van der Waals surface area contributed by atoms with Crippen LogP contribution in [0.2, 0.25) is 0 Å². The van der Waals surface area contributed by atoms with Crippen molar-refractivity contribution in [1.82, 2.24) is 14.8 Å². The molecule has 0 radical (unpaired) electrons. The zero-order valence-corrected chi connectivity index (χ0v) is 25.9. The Morgan fingerprint density at radius 3 is 2.48 bits per heavy atom. The average molecular weight is 573 g/mol. The predicted octanol–water partition coefficient (Wildman–Crippen LogP) is 6.15. The van der Waals surface area contributed by atoms with Crippen LogP contribution in [0.15, 0.2) is 48.5 Å². The molecule has 42 heavy (non-hydrogen) atoms. The highest BCUT2D eigenvalue weighted by molar-refractivity contribution is 5.81. The number of amides is 1. The van der Waals surface area contributed by atoms with Gasteiger partial charge < -0.3 is 19.1 Å². The molecule has 8 nitrogen and oxygen atoms in total. The van der Waals surface area contributed by atoms with Crippen LogP contribution in [0.25, 0.3) is 10.9 Å². The summed E-state index contributed by atoms with van der Waals surface area (Å²) < 4.78 is 17.1. The summed E-state index contributed by atoms with van der Waals surface area (Å²) in [6, 6.07) is 18.8. The molecule has 1 aromatic heterocycles. The molecule has 0 spiro atoms. The van der Waals surface area contributed by atoms with Gasteiger partial charge in [-0.1, -0.05) is 31.2 Å². The van der Waals surface area contributed by atoms with Gasteiger partial charge in [-0.25, -0.2) is 9.78 Å². The summed E-state index contributed by atoms with van der Waals surface area (Å²) in [7, 11) is 1.64. The standard InChI is InChI=1S/C34H44N4O4/c1-7-26-21-27-12-13-28(22-30(27)36-31(26)40-6)34(5,24-35)23-25-10-8-11-29(20-25)41-19-9-14-37-15-17-38(18-16-37)32(39)42-33(2,3)4/h8,10-13,20-22H,7,9,14-19,23H2,1-6H3. The number of nitrogens with zero attached hydrogens (tertiary/aromatic N) is 4. The van der Waals surface area contributed by atoms with Crippen molar-refractivity contribution in [2.24, 2.45) is 0 Å². The number of carbonyl (C=O) groups excluding carboxylic acids is 1. The Morgan fingerprint density at radius 2 is 1.81 bits per heavy atom. The lowest BCUT2D eigenvalue weighted by molar-refractivity contribution is 0.0142. The second kappa shape index (κ2) is 13.4. The maximum atomic E-state index is 12.3. The summed E-state index contributed by atoms with van der Waals surface area (Å²) >= 11 is 0. The fraction of sp³-hybridized carbons (Fsp3) is 0.500. The fourth-order valence-corrected chi connectivity index (χ4v) is 5.28. The first-order valence-corrected chi connectivity index (χ1v) is 14.8. The lowest BCUT2D eigenvalue weighted by Crippen LogP contribution is -2.50. The molecular weight excluding hydrogens is 528 g/mol. The SMILES string of the molecule is CCc1cc2ccc(C(C)(C#N)Cc3cccc(OCCCN4CCN(C(=O)OC(C)(C)C)CC4)c3)cc2nc1OC. The van der Waals surface area contributed by atoms with E-state index in [4.69, 9.17) is 19.2 Å². The van der Waals surface area contributed by atoms with Gasteiger partial charge in [0, 0.05) is 43.7 Å². The van der Waals surface area contributed by atoms with Gasteiger partial charge >= 0.3 is 6.09 Å². The number of hydrogen-bond donors (Lipinski definition) is 0. The first kappa shape index (κ1) is 31.1. The number of fused-ring (bicyclic) bond motifs is 1. The molecule has 3 aromatic rings. The highest BCUT2D eigenvalue weighted by Gasteiger charge is 2.28. The number of carbonyl (C=O) groups is 1. The molecule has 224 valence electrons. The van der Waals surface area contributed by atoms with E-state index in [0.29, 0.717) is 32.0 Å². The lowest BCUT2D eigenvalue weighted by atomic mass is 9.78. The number of nitriles is 1. The van der Waals surface area contributed by atoms with E-state index >= 15 is 0 Å². The van der Waals surface area contributed by atoms with Gasteiger partial charge in [-0.3, -0.25) is 4.90 Å². The first-order chi connectivity index (χ1) is 20.0. The third kappa shape index (κ3) is 7.92. The van der Waals surface area contributed by atoms with Gasteiger partial charge in [0.25, 0.3) is 0 Å². The predicted molar refractivity (Wildman–Crippen MR) is 165 cm³/mol. The van der Waals surface area contributed by atoms with Gasteiger partial charge in [0.05, 0.1) is 30.7 Å². The Hall–Kier alpha value is -3.83. The molecule has 1 amide bonds. The number of methoxy groups -OCH3 is 1. The van der Waals surface area contributed by atoms with Gasteiger partial charge in [0.1, 0.15) is 11.4 Å². The Morgan fingerprint density at radius 1 is 1.05 bits per heavy atom. The Kier molecular flexibility index (Phi) is 9.95. The van der Waals surface area contributed by atoms with Crippen molar-refractivity contribution in [3.63, 3.8) is 0 Å². The van der Waals surface area contributed by atoms with Crippen molar-refractivity contribution in [3.05, 3.63) is 65.2 Å². The molecule has 1 unspecified atom stereocenters. The number of hydrogen-bond acceptors (Lipinski definition) is 7. The van der Waals surface area contributed by atoms with Crippen LogP contribution < -0.4 is 9.47 Å². The number of benzene rings is 2. The zero-order chi connectivity index (χ0) is 30.3. The van der Waals surface area contributed by atoms with E-state index in [0.717, 1.165) is 65.8 Å². The highest BCUT2D eigenvalue weighted by Crippen LogP contribution is 2.32. The van der Waals surface area contributed by atoms with E-state index in [2.05, 4.69) is 24.0 Å². The largest absolute Gasteiger partial charge is 0.494 e. The number of piperazine rings is 1.